The summed E-state index contributed by atoms with van der Waals surface area (Å²) in [6.45, 7) is 0.472. The van der Waals surface area contributed by atoms with E-state index in [9.17, 15) is 9.18 Å². The van der Waals surface area contributed by atoms with Crippen molar-refractivity contribution >= 4 is 23.3 Å². The van der Waals surface area contributed by atoms with Crippen molar-refractivity contribution in [2.75, 3.05) is 5.32 Å². The maximum atomic E-state index is 12.9. The molecule has 1 amide bonds. The Bertz CT molecular complexity index is 678. The summed E-state index contributed by atoms with van der Waals surface area (Å²) in [5, 5.41) is 7.57. The van der Waals surface area contributed by atoms with Crippen LogP contribution in [0.4, 0.5) is 10.2 Å². The molecule has 0 spiro atoms. The highest BCUT2D eigenvalue weighted by atomic mass is 35.5. The molecule has 6 heteroatoms. The monoisotopic (exact) mass is 335 g/mol. The molecular formula is C17H19ClFN3O. The van der Waals surface area contributed by atoms with Crippen LogP contribution in [0.25, 0.3) is 0 Å². The van der Waals surface area contributed by atoms with E-state index in [2.05, 4.69) is 10.4 Å². The van der Waals surface area contributed by atoms with E-state index < -0.39 is 0 Å². The third-order valence-electron chi connectivity index (χ3n) is 4.19. The molecule has 1 heterocycles. The molecule has 1 saturated carbocycles. The van der Waals surface area contributed by atoms with E-state index >= 15 is 0 Å². The smallest absolute Gasteiger partial charge is 0.228 e. The molecule has 3 rings (SSSR count). The van der Waals surface area contributed by atoms with Crippen LogP contribution in [0, 0.1) is 11.7 Å². The van der Waals surface area contributed by atoms with E-state index in [1.807, 2.05) is 0 Å². The van der Waals surface area contributed by atoms with E-state index in [0.717, 1.165) is 31.2 Å². The van der Waals surface area contributed by atoms with E-state index in [1.54, 1.807) is 23.0 Å². The second-order valence-electron chi connectivity index (χ2n) is 5.97. The van der Waals surface area contributed by atoms with Crippen LogP contribution in [0.3, 0.4) is 0 Å². The number of rotatable bonds is 4. The number of carbonyl (C=O) groups excluding carboxylic acids is 1. The lowest BCUT2D eigenvalue weighted by molar-refractivity contribution is -0.120. The zero-order valence-corrected chi connectivity index (χ0v) is 13.5. The van der Waals surface area contributed by atoms with Crippen molar-refractivity contribution in [1.29, 1.82) is 0 Å². The second kappa shape index (κ2) is 7.13. The number of amides is 1. The summed E-state index contributed by atoms with van der Waals surface area (Å²) >= 11 is 6.16. The van der Waals surface area contributed by atoms with Gasteiger partial charge in [-0.25, -0.2) is 4.39 Å². The first kappa shape index (κ1) is 16.0. The van der Waals surface area contributed by atoms with Crippen molar-refractivity contribution in [3.8, 4) is 0 Å². The topological polar surface area (TPSA) is 46.9 Å². The van der Waals surface area contributed by atoms with Gasteiger partial charge in [0, 0.05) is 12.1 Å². The molecule has 4 nitrogen and oxygen atoms in total. The number of hydrogen-bond acceptors (Lipinski definition) is 2. The molecule has 1 aromatic heterocycles. The van der Waals surface area contributed by atoms with Gasteiger partial charge in [-0.1, -0.05) is 43.0 Å². The Hall–Kier alpha value is -1.88. The van der Waals surface area contributed by atoms with Crippen LogP contribution in [0.1, 0.15) is 37.7 Å². The summed E-state index contributed by atoms with van der Waals surface area (Å²) in [5.74, 6) is 0.178. The minimum Gasteiger partial charge on any atom is -0.308 e. The van der Waals surface area contributed by atoms with Gasteiger partial charge >= 0.3 is 0 Å². The molecule has 0 saturated heterocycles. The lowest BCUT2D eigenvalue weighted by Gasteiger charge is -2.20. The Kier molecular flexibility index (Phi) is 4.96. The molecule has 1 aliphatic rings. The quantitative estimate of drug-likeness (QED) is 0.908. The van der Waals surface area contributed by atoms with Gasteiger partial charge in [0.1, 0.15) is 10.8 Å². The highest BCUT2D eigenvalue weighted by molar-refractivity contribution is 6.33. The molecule has 122 valence electrons. The Morgan fingerprint density at radius 3 is 2.65 bits per heavy atom. The summed E-state index contributed by atoms with van der Waals surface area (Å²) in [5.41, 5.74) is 0.913. The van der Waals surface area contributed by atoms with E-state index in [-0.39, 0.29) is 17.6 Å². The first-order chi connectivity index (χ1) is 11.1. The minimum absolute atomic E-state index is 0.00127. The number of nitrogens with one attached hydrogen (secondary N) is 1. The number of nitrogens with zero attached hydrogens (tertiary/aromatic N) is 2. The zero-order valence-electron chi connectivity index (χ0n) is 12.8. The molecule has 0 atom stereocenters. The highest BCUT2D eigenvalue weighted by Gasteiger charge is 2.22. The van der Waals surface area contributed by atoms with Gasteiger partial charge < -0.3 is 5.32 Å². The van der Waals surface area contributed by atoms with Gasteiger partial charge in [0.05, 0.1) is 6.54 Å². The van der Waals surface area contributed by atoms with Gasteiger partial charge in [-0.15, -0.1) is 0 Å². The summed E-state index contributed by atoms with van der Waals surface area (Å²) in [4.78, 5) is 12.3. The summed E-state index contributed by atoms with van der Waals surface area (Å²) in [6, 6.07) is 6.22. The molecule has 2 aromatic rings. The number of anilines is 1. The summed E-state index contributed by atoms with van der Waals surface area (Å²) in [7, 11) is 0. The lowest BCUT2D eigenvalue weighted by atomic mass is 9.89. The van der Waals surface area contributed by atoms with Crippen LogP contribution in [0.2, 0.25) is 5.02 Å². The third kappa shape index (κ3) is 4.10. The van der Waals surface area contributed by atoms with Crippen molar-refractivity contribution < 1.29 is 9.18 Å². The van der Waals surface area contributed by atoms with E-state index in [0.29, 0.717) is 17.4 Å². The zero-order chi connectivity index (χ0) is 16.2. The average molecular weight is 336 g/mol. The van der Waals surface area contributed by atoms with Crippen LogP contribution >= 0.6 is 11.6 Å². The van der Waals surface area contributed by atoms with Crippen molar-refractivity contribution in [1.82, 2.24) is 9.78 Å². The lowest BCUT2D eigenvalue weighted by Crippen LogP contribution is -2.25. The first-order valence-corrected chi connectivity index (χ1v) is 8.28. The van der Waals surface area contributed by atoms with Crippen molar-refractivity contribution in [2.45, 2.75) is 38.6 Å². The van der Waals surface area contributed by atoms with Crippen molar-refractivity contribution in [3.63, 3.8) is 0 Å². The fraction of sp³-hybridized carbons (Fsp3) is 0.412. The minimum atomic E-state index is -0.271. The summed E-state index contributed by atoms with van der Waals surface area (Å²) in [6.07, 6.45) is 6.94. The van der Waals surface area contributed by atoms with Gasteiger partial charge in [-0.05, 0) is 30.5 Å². The van der Waals surface area contributed by atoms with Gasteiger partial charge in [0.25, 0.3) is 0 Å². The Morgan fingerprint density at radius 2 is 1.96 bits per heavy atom. The van der Waals surface area contributed by atoms with Gasteiger partial charge in [-0.2, -0.15) is 5.10 Å². The van der Waals surface area contributed by atoms with Crippen LogP contribution in [-0.2, 0) is 11.3 Å². The van der Waals surface area contributed by atoms with Crippen molar-refractivity contribution in [2.24, 2.45) is 5.92 Å². The Balaban J connectivity index is 1.65. The normalized spacial score (nSPS) is 15.6. The third-order valence-corrected chi connectivity index (χ3v) is 4.47. The summed E-state index contributed by atoms with van der Waals surface area (Å²) < 4.78 is 14.6. The van der Waals surface area contributed by atoms with Gasteiger partial charge in [0.15, 0.2) is 5.82 Å². The number of benzene rings is 1. The molecule has 0 unspecified atom stereocenters. The van der Waals surface area contributed by atoms with Crippen LogP contribution < -0.4 is 5.32 Å². The number of carbonyl (C=O) groups is 1. The maximum absolute atomic E-state index is 12.9. The molecule has 23 heavy (non-hydrogen) atoms. The molecular weight excluding hydrogens is 317 g/mol. The molecule has 1 fully saturated rings. The Morgan fingerprint density at radius 1 is 1.26 bits per heavy atom. The number of halogens is 2. The number of aromatic nitrogens is 2. The molecule has 0 bridgehead atoms. The van der Waals surface area contributed by atoms with Crippen molar-refractivity contribution in [3.05, 3.63) is 46.9 Å². The molecule has 1 aliphatic carbocycles. The number of hydrogen-bond donors (Lipinski definition) is 1. The highest BCUT2D eigenvalue weighted by Crippen LogP contribution is 2.26. The average Bonchev–Trinajstić information content (AvgIpc) is 2.90. The van der Waals surface area contributed by atoms with Gasteiger partial charge in [-0.3, -0.25) is 9.48 Å². The van der Waals surface area contributed by atoms with Crippen LogP contribution in [0.5, 0.6) is 0 Å². The SMILES string of the molecule is O=C(Nc1nn(Cc2ccc(F)cc2)cc1Cl)C1CCCCC1. The van der Waals surface area contributed by atoms with Gasteiger partial charge in [0.2, 0.25) is 5.91 Å². The fourth-order valence-corrected chi connectivity index (χ4v) is 3.12. The second-order valence-corrected chi connectivity index (χ2v) is 6.38. The van der Waals surface area contributed by atoms with Crippen LogP contribution in [-0.4, -0.2) is 15.7 Å². The maximum Gasteiger partial charge on any atom is 0.228 e. The molecule has 0 radical (unpaired) electrons. The first-order valence-electron chi connectivity index (χ1n) is 7.90. The van der Waals surface area contributed by atoms with Crippen LogP contribution in [0.15, 0.2) is 30.5 Å². The largest absolute Gasteiger partial charge is 0.308 e. The fourth-order valence-electron chi connectivity index (χ4n) is 2.92. The predicted molar refractivity (Wildman–Crippen MR) is 87.9 cm³/mol. The van der Waals surface area contributed by atoms with E-state index in [4.69, 9.17) is 11.6 Å². The van der Waals surface area contributed by atoms with E-state index in [1.165, 1.54) is 18.6 Å². The standard InChI is InChI=1S/C17H19ClFN3O/c18-15-11-22(10-12-6-8-14(19)9-7-12)21-16(15)20-17(23)13-4-2-1-3-5-13/h6-9,11,13H,1-5,10H2,(H,20,21,23). The predicted octanol–water partition coefficient (Wildman–Crippen LogP) is 4.24. The molecule has 1 N–H and O–H groups in total. The Labute approximate surface area is 139 Å². The molecule has 1 aromatic carbocycles. The molecule has 0 aliphatic heterocycles.